The van der Waals surface area contributed by atoms with E-state index in [1.54, 1.807) is 11.8 Å². The number of hydrogen-bond donors (Lipinski definition) is 1. The SMILES string of the molecule is CSc1cccc(-c2nnc(NC(=O)c3ccc(S(=O)(=O)N4CCC[C@H](C)C4)cc3)o2)c1. The highest BCUT2D eigenvalue weighted by molar-refractivity contribution is 7.98. The summed E-state index contributed by atoms with van der Waals surface area (Å²) in [5, 5.41) is 10.4. The minimum absolute atomic E-state index is 0.0291. The van der Waals surface area contributed by atoms with Gasteiger partial charge in [-0.05, 0) is 67.5 Å². The van der Waals surface area contributed by atoms with E-state index >= 15 is 0 Å². The van der Waals surface area contributed by atoms with Crippen LogP contribution in [0.1, 0.15) is 30.1 Å². The first-order valence-corrected chi connectivity index (χ1v) is 12.9. The number of nitrogens with zero attached hydrogens (tertiary/aromatic N) is 3. The Bertz CT molecular complexity index is 1210. The summed E-state index contributed by atoms with van der Waals surface area (Å²) in [5.41, 5.74) is 1.05. The number of piperidine rings is 1. The normalized spacial score (nSPS) is 17.2. The van der Waals surface area contributed by atoms with Gasteiger partial charge in [0, 0.05) is 29.1 Å². The molecule has 168 valence electrons. The zero-order chi connectivity index (χ0) is 22.7. The molecule has 0 aliphatic carbocycles. The number of benzene rings is 2. The van der Waals surface area contributed by atoms with Crippen molar-refractivity contribution in [2.75, 3.05) is 24.7 Å². The zero-order valence-corrected chi connectivity index (χ0v) is 19.4. The van der Waals surface area contributed by atoms with Gasteiger partial charge in [-0.15, -0.1) is 16.9 Å². The second kappa shape index (κ2) is 9.43. The maximum atomic E-state index is 12.9. The molecule has 0 spiro atoms. The molecule has 1 aliphatic heterocycles. The monoisotopic (exact) mass is 472 g/mol. The highest BCUT2D eigenvalue weighted by Crippen LogP contribution is 2.26. The Labute approximate surface area is 191 Å². The summed E-state index contributed by atoms with van der Waals surface area (Å²) in [6, 6.07) is 13.5. The Hall–Kier alpha value is -2.69. The van der Waals surface area contributed by atoms with Crippen molar-refractivity contribution in [3.8, 4) is 11.5 Å². The maximum Gasteiger partial charge on any atom is 0.322 e. The van der Waals surface area contributed by atoms with Gasteiger partial charge in [0.15, 0.2) is 0 Å². The molecule has 1 saturated heterocycles. The predicted molar refractivity (Wildman–Crippen MR) is 123 cm³/mol. The smallest absolute Gasteiger partial charge is 0.322 e. The number of rotatable bonds is 6. The van der Waals surface area contributed by atoms with Gasteiger partial charge in [0.1, 0.15) is 0 Å². The van der Waals surface area contributed by atoms with Gasteiger partial charge in [-0.3, -0.25) is 10.1 Å². The largest absolute Gasteiger partial charge is 0.403 e. The quantitative estimate of drug-likeness (QED) is 0.538. The molecule has 0 saturated carbocycles. The second-order valence-corrected chi connectivity index (χ2v) is 10.6. The van der Waals surface area contributed by atoms with Crippen molar-refractivity contribution >= 4 is 33.7 Å². The molecule has 10 heteroatoms. The Morgan fingerprint density at radius 1 is 1.19 bits per heavy atom. The third-order valence-corrected chi connectivity index (χ3v) is 7.94. The molecule has 0 unspecified atom stereocenters. The van der Waals surface area contributed by atoms with Crippen LogP contribution in [0.4, 0.5) is 6.01 Å². The number of sulfonamides is 1. The van der Waals surface area contributed by atoms with Gasteiger partial charge in [0.25, 0.3) is 5.91 Å². The Morgan fingerprint density at radius 2 is 1.97 bits per heavy atom. The first kappa shape index (κ1) is 22.5. The maximum absolute atomic E-state index is 12.9. The fourth-order valence-electron chi connectivity index (χ4n) is 3.61. The number of amides is 1. The third-order valence-electron chi connectivity index (χ3n) is 5.34. The number of nitrogens with one attached hydrogen (secondary N) is 1. The van der Waals surface area contributed by atoms with Gasteiger partial charge in [0.05, 0.1) is 4.90 Å². The first-order chi connectivity index (χ1) is 15.4. The van der Waals surface area contributed by atoms with Gasteiger partial charge in [-0.1, -0.05) is 18.1 Å². The molecule has 1 aromatic heterocycles. The van der Waals surface area contributed by atoms with E-state index in [1.165, 1.54) is 28.6 Å². The van der Waals surface area contributed by atoms with Crippen LogP contribution in [0, 0.1) is 5.92 Å². The van der Waals surface area contributed by atoms with Crippen molar-refractivity contribution in [1.82, 2.24) is 14.5 Å². The average molecular weight is 473 g/mol. The third kappa shape index (κ3) is 4.87. The molecule has 0 radical (unpaired) electrons. The zero-order valence-electron chi connectivity index (χ0n) is 17.8. The molecule has 0 bridgehead atoms. The molecule has 2 aromatic carbocycles. The van der Waals surface area contributed by atoms with Crippen LogP contribution in [0.3, 0.4) is 0 Å². The fourth-order valence-corrected chi connectivity index (χ4v) is 5.67. The van der Waals surface area contributed by atoms with Gasteiger partial charge in [-0.2, -0.15) is 4.31 Å². The fraction of sp³-hybridized carbons (Fsp3) is 0.318. The lowest BCUT2D eigenvalue weighted by molar-refractivity contribution is 0.102. The molecule has 32 heavy (non-hydrogen) atoms. The number of anilines is 1. The van der Waals surface area contributed by atoms with Gasteiger partial charge < -0.3 is 4.42 Å². The van der Waals surface area contributed by atoms with Crippen LogP contribution in [0.25, 0.3) is 11.5 Å². The van der Waals surface area contributed by atoms with Crippen LogP contribution >= 0.6 is 11.8 Å². The summed E-state index contributed by atoms with van der Waals surface area (Å²) in [7, 11) is -3.57. The molecule has 1 atom stereocenters. The van der Waals surface area contributed by atoms with Gasteiger partial charge in [-0.25, -0.2) is 8.42 Å². The summed E-state index contributed by atoms with van der Waals surface area (Å²) in [4.78, 5) is 13.8. The van der Waals surface area contributed by atoms with Gasteiger partial charge >= 0.3 is 6.01 Å². The second-order valence-electron chi connectivity index (χ2n) is 7.73. The molecule has 3 aromatic rings. The Kier molecular flexibility index (Phi) is 6.63. The van der Waals surface area contributed by atoms with Crippen LogP contribution < -0.4 is 5.32 Å². The van der Waals surface area contributed by atoms with Crippen molar-refractivity contribution in [3.05, 3.63) is 54.1 Å². The number of carbonyl (C=O) groups is 1. The summed E-state index contributed by atoms with van der Waals surface area (Å²) in [6.07, 6.45) is 3.86. The molecule has 4 rings (SSSR count). The summed E-state index contributed by atoms with van der Waals surface area (Å²) < 4.78 is 32.8. The van der Waals surface area contributed by atoms with Crippen LogP contribution in [-0.4, -0.2) is 48.2 Å². The standard InChI is InChI=1S/C22H24N4O4S2/c1-15-5-4-12-26(14-15)32(28,29)19-10-8-16(9-11-19)20(27)23-22-25-24-21(30-22)17-6-3-7-18(13-17)31-2/h3,6-11,13,15H,4-5,12,14H2,1-2H3,(H,23,25,27)/t15-/m0/s1. The Morgan fingerprint density at radius 3 is 2.69 bits per heavy atom. The Balaban J connectivity index is 1.45. The molecule has 8 nitrogen and oxygen atoms in total. The van der Waals surface area contributed by atoms with E-state index in [0.717, 1.165) is 23.3 Å². The summed E-state index contributed by atoms with van der Waals surface area (Å²) >= 11 is 1.60. The van der Waals surface area contributed by atoms with E-state index in [1.807, 2.05) is 30.5 Å². The van der Waals surface area contributed by atoms with E-state index < -0.39 is 15.9 Å². The number of thioether (sulfide) groups is 1. The van der Waals surface area contributed by atoms with Crippen molar-refractivity contribution < 1.29 is 17.6 Å². The molecule has 1 N–H and O–H groups in total. The van der Waals surface area contributed by atoms with Crippen molar-refractivity contribution in [1.29, 1.82) is 0 Å². The first-order valence-electron chi connectivity index (χ1n) is 10.3. The molecule has 1 amide bonds. The van der Waals surface area contributed by atoms with E-state index in [0.29, 0.717) is 30.5 Å². The minimum atomic E-state index is -3.57. The molecular formula is C22H24N4O4S2. The van der Waals surface area contributed by atoms with Crippen LogP contribution in [0.5, 0.6) is 0 Å². The molecule has 1 aliphatic rings. The van der Waals surface area contributed by atoms with Crippen LogP contribution in [-0.2, 0) is 10.0 Å². The average Bonchev–Trinajstić information content (AvgIpc) is 3.27. The molecule has 1 fully saturated rings. The van der Waals surface area contributed by atoms with Crippen molar-refractivity contribution in [2.24, 2.45) is 5.92 Å². The number of carbonyl (C=O) groups excluding carboxylic acids is 1. The lowest BCUT2D eigenvalue weighted by Gasteiger charge is -2.30. The van der Waals surface area contributed by atoms with E-state index in [2.05, 4.69) is 22.4 Å². The highest BCUT2D eigenvalue weighted by atomic mass is 32.2. The van der Waals surface area contributed by atoms with Crippen molar-refractivity contribution in [3.63, 3.8) is 0 Å². The lowest BCUT2D eigenvalue weighted by Crippen LogP contribution is -2.39. The van der Waals surface area contributed by atoms with E-state index in [4.69, 9.17) is 4.42 Å². The number of hydrogen-bond acceptors (Lipinski definition) is 7. The summed E-state index contributed by atoms with van der Waals surface area (Å²) in [5.74, 6) is 0.174. The molecular weight excluding hydrogens is 448 g/mol. The number of aromatic nitrogens is 2. The van der Waals surface area contributed by atoms with Crippen LogP contribution in [0.15, 0.2) is 62.7 Å². The minimum Gasteiger partial charge on any atom is -0.403 e. The highest BCUT2D eigenvalue weighted by Gasteiger charge is 2.28. The van der Waals surface area contributed by atoms with Crippen molar-refractivity contribution in [2.45, 2.75) is 29.6 Å². The van der Waals surface area contributed by atoms with Crippen LogP contribution in [0.2, 0.25) is 0 Å². The predicted octanol–water partition coefficient (Wildman–Crippen LogP) is 4.13. The topological polar surface area (TPSA) is 105 Å². The van der Waals surface area contributed by atoms with E-state index in [-0.39, 0.29) is 10.9 Å². The van der Waals surface area contributed by atoms with Gasteiger partial charge in [0.2, 0.25) is 15.9 Å². The van der Waals surface area contributed by atoms with E-state index in [9.17, 15) is 13.2 Å². The summed E-state index contributed by atoms with van der Waals surface area (Å²) in [6.45, 7) is 3.09. The molecule has 2 heterocycles. The lowest BCUT2D eigenvalue weighted by atomic mass is 10.0.